The third kappa shape index (κ3) is 2.03. The Kier molecular flexibility index (Phi) is 2.86. The van der Waals surface area contributed by atoms with Crippen LogP contribution in [0.4, 0.5) is 17.1 Å². The number of rotatable bonds is 3. The van der Waals surface area contributed by atoms with Crippen molar-refractivity contribution in [1.29, 1.82) is 0 Å². The molecule has 4 N–H and O–H groups in total. The van der Waals surface area contributed by atoms with E-state index in [1.54, 1.807) is 0 Å². The molecule has 1 aliphatic rings. The van der Waals surface area contributed by atoms with E-state index in [9.17, 15) is 4.79 Å². The summed E-state index contributed by atoms with van der Waals surface area (Å²) < 4.78 is 6.10. The summed E-state index contributed by atoms with van der Waals surface area (Å²) in [4.78, 5) is 10.6. The third-order valence-corrected chi connectivity index (χ3v) is 2.66. The number of benzene rings is 1. The molecule has 1 heterocycles. The van der Waals surface area contributed by atoms with Crippen molar-refractivity contribution in [2.45, 2.75) is 6.92 Å². The van der Waals surface area contributed by atoms with Crippen molar-refractivity contribution in [2.24, 2.45) is 5.10 Å². The van der Waals surface area contributed by atoms with E-state index in [4.69, 9.17) is 5.11 Å². The van der Waals surface area contributed by atoms with E-state index in [1.807, 2.05) is 18.2 Å². The number of aliphatic carboxylic acids is 1. The Morgan fingerprint density at radius 3 is 3.06 bits per heavy atom. The molecule has 0 aliphatic carbocycles. The Bertz CT molecular complexity index is 461. The number of carbonyl (C=O) groups is 1. The van der Waals surface area contributed by atoms with Crippen LogP contribution in [0.2, 0.25) is 0 Å². The zero-order valence-electron chi connectivity index (χ0n) is 8.44. The van der Waals surface area contributed by atoms with Gasteiger partial charge in [-0.25, -0.2) is 4.79 Å². The number of carboxylic acids is 1. The van der Waals surface area contributed by atoms with Crippen molar-refractivity contribution in [3.8, 4) is 0 Å². The van der Waals surface area contributed by atoms with Crippen molar-refractivity contribution in [2.75, 3.05) is 14.9 Å². The first-order valence-electron chi connectivity index (χ1n) is 4.53. The van der Waals surface area contributed by atoms with Gasteiger partial charge in [-0.2, -0.15) is 5.10 Å². The molecule has 2 rings (SSSR count). The first-order chi connectivity index (χ1) is 7.68. The van der Waals surface area contributed by atoms with Crippen LogP contribution < -0.4 is 14.9 Å². The van der Waals surface area contributed by atoms with Gasteiger partial charge in [0.05, 0.1) is 29.2 Å². The molecule has 0 amide bonds. The van der Waals surface area contributed by atoms with E-state index in [-0.39, 0.29) is 5.71 Å². The summed E-state index contributed by atoms with van der Waals surface area (Å²) in [6.45, 7) is 1.43. The molecule has 0 saturated carbocycles. The molecule has 0 unspecified atom stereocenters. The molecule has 0 spiro atoms. The van der Waals surface area contributed by atoms with Crippen LogP contribution in [-0.4, -0.2) is 16.8 Å². The largest absolute Gasteiger partial charge is 0.477 e. The minimum atomic E-state index is -1.04. The highest BCUT2D eigenvalue weighted by atomic mass is 32.2. The molecule has 0 atom stereocenters. The number of hydrogen-bond acceptors (Lipinski definition) is 6. The molecular formula is C9H10N4O2S. The molecule has 6 nitrogen and oxygen atoms in total. The molecule has 7 heteroatoms. The molecule has 84 valence electrons. The summed E-state index contributed by atoms with van der Waals surface area (Å²) in [5.74, 6) is -1.04. The van der Waals surface area contributed by atoms with Gasteiger partial charge in [-0.1, -0.05) is 6.07 Å². The van der Waals surface area contributed by atoms with Gasteiger partial charge in [-0.3, -0.25) is 5.43 Å². The summed E-state index contributed by atoms with van der Waals surface area (Å²) in [6, 6.07) is 5.59. The predicted octanol–water partition coefficient (Wildman–Crippen LogP) is 1.96. The lowest BCUT2D eigenvalue weighted by atomic mass is 10.2. The number of anilines is 3. The zero-order chi connectivity index (χ0) is 11.5. The zero-order valence-corrected chi connectivity index (χ0v) is 9.26. The molecule has 1 aromatic carbocycles. The molecule has 1 aliphatic heterocycles. The van der Waals surface area contributed by atoms with E-state index in [1.165, 1.54) is 19.1 Å². The van der Waals surface area contributed by atoms with Gasteiger partial charge in [0, 0.05) is 0 Å². The Balaban J connectivity index is 2.20. The van der Waals surface area contributed by atoms with Gasteiger partial charge in [-0.05, 0) is 19.1 Å². The van der Waals surface area contributed by atoms with Crippen LogP contribution in [0.3, 0.4) is 0 Å². The van der Waals surface area contributed by atoms with Crippen LogP contribution in [-0.2, 0) is 4.79 Å². The Morgan fingerprint density at radius 1 is 1.50 bits per heavy atom. The number of fused-ring (bicyclic) bond motifs is 1. The fourth-order valence-corrected chi connectivity index (χ4v) is 1.82. The topological polar surface area (TPSA) is 85.8 Å². The number of nitrogens with one attached hydrogen (secondary N) is 3. The summed E-state index contributed by atoms with van der Waals surface area (Å²) in [7, 11) is 0. The summed E-state index contributed by atoms with van der Waals surface area (Å²) in [6.07, 6.45) is 0. The van der Waals surface area contributed by atoms with Gasteiger partial charge in [0.1, 0.15) is 5.71 Å². The molecular weight excluding hydrogens is 228 g/mol. The van der Waals surface area contributed by atoms with E-state index < -0.39 is 5.97 Å². The molecule has 0 saturated heterocycles. The van der Waals surface area contributed by atoms with Crippen LogP contribution in [0, 0.1) is 0 Å². The van der Waals surface area contributed by atoms with Gasteiger partial charge in [0.15, 0.2) is 0 Å². The van der Waals surface area contributed by atoms with Crippen LogP contribution in [0.5, 0.6) is 0 Å². The SMILES string of the molecule is C/C(=N\Nc1cccc2c1NSN2)C(=O)O. The number of hydrazone groups is 1. The van der Waals surface area contributed by atoms with Gasteiger partial charge in [-0.15, -0.1) is 0 Å². The Hall–Kier alpha value is -1.89. The van der Waals surface area contributed by atoms with E-state index >= 15 is 0 Å². The van der Waals surface area contributed by atoms with Crippen LogP contribution in [0.1, 0.15) is 6.92 Å². The lowest BCUT2D eigenvalue weighted by Crippen LogP contribution is -2.10. The second kappa shape index (κ2) is 4.31. The van der Waals surface area contributed by atoms with Gasteiger partial charge in [0.2, 0.25) is 0 Å². The number of para-hydroxylation sites is 1. The second-order valence-corrected chi connectivity index (χ2v) is 3.76. The third-order valence-electron chi connectivity index (χ3n) is 2.03. The number of nitrogens with zero attached hydrogens (tertiary/aromatic N) is 1. The molecule has 1 aromatic rings. The predicted molar refractivity (Wildman–Crippen MR) is 65.6 cm³/mol. The molecule has 0 aromatic heterocycles. The Morgan fingerprint density at radius 2 is 2.31 bits per heavy atom. The summed E-state index contributed by atoms with van der Waals surface area (Å²) in [5.41, 5.74) is 5.27. The van der Waals surface area contributed by atoms with Crippen molar-refractivity contribution in [1.82, 2.24) is 0 Å². The lowest BCUT2D eigenvalue weighted by Gasteiger charge is -2.05. The average molecular weight is 238 g/mol. The minimum Gasteiger partial charge on any atom is -0.477 e. The van der Waals surface area contributed by atoms with Crippen molar-refractivity contribution in [3.05, 3.63) is 18.2 Å². The molecule has 16 heavy (non-hydrogen) atoms. The maximum atomic E-state index is 10.6. The smallest absolute Gasteiger partial charge is 0.351 e. The summed E-state index contributed by atoms with van der Waals surface area (Å²) in [5, 5.41) is 12.4. The number of hydrogen-bond donors (Lipinski definition) is 4. The van der Waals surface area contributed by atoms with Gasteiger partial charge in [0.25, 0.3) is 0 Å². The average Bonchev–Trinajstić information content (AvgIpc) is 2.73. The highest BCUT2D eigenvalue weighted by molar-refractivity contribution is 8.02. The first-order valence-corrected chi connectivity index (χ1v) is 5.34. The minimum absolute atomic E-state index is 0.0104. The van der Waals surface area contributed by atoms with Crippen LogP contribution in [0.15, 0.2) is 23.3 Å². The van der Waals surface area contributed by atoms with E-state index in [0.717, 1.165) is 17.1 Å². The van der Waals surface area contributed by atoms with Crippen molar-refractivity contribution >= 4 is 40.9 Å². The summed E-state index contributed by atoms with van der Waals surface area (Å²) >= 11 is 1.35. The normalized spacial score (nSPS) is 13.7. The fourth-order valence-electron chi connectivity index (χ4n) is 1.16. The van der Waals surface area contributed by atoms with Gasteiger partial charge < -0.3 is 14.6 Å². The van der Waals surface area contributed by atoms with E-state index in [2.05, 4.69) is 20.0 Å². The van der Waals surface area contributed by atoms with Crippen LogP contribution >= 0.6 is 12.1 Å². The molecule has 0 fully saturated rings. The first kappa shape index (κ1) is 10.6. The van der Waals surface area contributed by atoms with Crippen molar-refractivity contribution in [3.63, 3.8) is 0 Å². The monoisotopic (exact) mass is 238 g/mol. The fraction of sp³-hybridized carbons (Fsp3) is 0.111. The highest BCUT2D eigenvalue weighted by Crippen LogP contribution is 2.38. The quantitative estimate of drug-likeness (QED) is 0.366. The molecule has 0 bridgehead atoms. The van der Waals surface area contributed by atoms with E-state index in [0.29, 0.717) is 0 Å². The lowest BCUT2D eigenvalue weighted by molar-refractivity contribution is -0.129. The van der Waals surface area contributed by atoms with Crippen LogP contribution in [0.25, 0.3) is 0 Å². The highest BCUT2D eigenvalue weighted by Gasteiger charge is 2.13. The maximum Gasteiger partial charge on any atom is 0.351 e. The molecule has 0 radical (unpaired) electrons. The number of carboxylic acid groups (broad SMARTS) is 1. The maximum absolute atomic E-state index is 10.6. The second-order valence-electron chi connectivity index (χ2n) is 3.15. The standard InChI is InChI=1S/C9H10N4O2S/c1-5(9(14)15)10-11-6-3-2-4-7-8(6)13-16-12-7/h2-4,11-13H,1H3,(H,14,15)/b10-5+. The Labute approximate surface area is 96.4 Å². The van der Waals surface area contributed by atoms with Gasteiger partial charge >= 0.3 is 5.97 Å². The van der Waals surface area contributed by atoms with Crippen molar-refractivity contribution < 1.29 is 9.90 Å².